The third kappa shape index (κ3) is 74.0. The number of phosphoric ester groups is 2. The first-order valence-corrected chi connectivity index (χ1v) is 43.1. The molecule has 0 fully saturated rings. The number of esters is 4. The maximum atomic E-state index is 13.1. The van der Waals surface area contributed by atoms with Gasteiger partial charge in [0.2, 0.25) is 0 Å². The molecule has 0 aliphatic carbocycles. The van der Waals surface area contributed by atoms with Crippen LogP contribution in [0.25, 0.3) is 0 Å². The van der Waals surface area contributed by atoms with Crippen LogP contribution in [0.5, 0.6) is 0 Å². The van der Waals surface area contributed by atoms with E-state index in [9.17, 15) is 43.2 Å². The molecule has 588 valence electrons. The quantitative estimate of drug-likeness (QED) is 0.0128. The highest BCUT2D eigenvalue weighted by atomic mass is 31.2. The van der Waals surface area contributed by atoms with Gasteiger partial charge in [0, 0.05) is 25.7 Å². The van der Waals surface area contributed by atoms with Crippen molar-refractivity contribution >= 4 is 39.5 Å². The molecule has 0 saturated carbocycles. The maximum Gasteiger partial charge on any atom is 0.472 e. The molecule has 0 bridgehead atoms. The lowest BCUT2D eigenvalue weighted by Gasteiger charge is -2.21. The van der Waals surface area contributed by atoms with Crippen molar-refractivity contribution in [3.05, 3.63) is 109 Å². The van der Waals surface area contributed by atoms with Crippen LogP contribution in [0.4, 0.5) is 0 Å². The Bertz CT molecular complexity index is 2360. The van der Waals surface area contributed by atoms with E-state index in [-0.39, 0.29) is 25.7 Å². The van der Waals surface area contributed by atoms with Crippen LogP contribution >= 0.6 is 15.6 Å². The van der Waals surface area contributed by atoms with Gasteiger partial charge >= 0.3 is 39.5 Å². The molecule has 3 N–H and O–H groups in total. The molecule has 0 aliphatic heterocycles. The second kappa shape index (κ2) is 75.0. The average molecular weight is 1480 g/mol. The largest absolute Gasteiger partial charge is 0.472 e. The van der Waals surface area contributed by atoms with Crippen LogP contribution in [0.3, 0.4) is 0 Å². The molecule has 0 heterocycles. The van der Waals surface area contributed by atoms with Crippen molar-refractivity contribution < 1.29 is 80.2 Å². The third-order valence-corrected chi connectivity index (χ3v) is 18.6. The summed E-state index contributed by atoms with van der Waals surface area (Å²) < 4.78 is 68.5. The number of aliphatic hydroxyl groups excluding tert-OH is 1. The summed E-state index contributed by atoms with van der Waals surface area (Å²) in [6.45, 7) is 4.72. The summed E-state index contributed by atoms with van der Waals surface area (Å²) in [5, 5.41) is 10.6. The maximum absolute atomic E-state index is 13.1. The van der Waals surface area contributed by atoms with Gasteiger partial charge in [0.15, 0.2) is 12.2 Å². The summed E-state index contributed by atoms with van der Waals surface area (Å²) in [5.74, 6) is -2.27. The van der Waals surface area contributed by atoms with Crippen LogP contribution < -0.4 is 0 Å². The summed E-state index contributed by atoms with van der Waals surface area (Å²) in [4.78, 5) is 73.0. The predicted octanol–water partition coefficient (Wildman–Crippen LogP) is 23.3. The molecule has 0 aromatic heterocycles. The Morgan fingerprint density at radius 1 is 0.284 bits per heavy atom. The van der Waals surface area contributed by atoms with Gasteiger partial charge < -0.3 is 33.8 Å². The van der Waals surface area contributed by atoms with Crippen molar-refractivity contribution in [3.8, 4) is 0 Å². The first-order chi connectivity index (χ1) is 49.7. The molecule has 0 radical (unpaired) electrons. The predicted molar refractivity (Wildman–Crippen MR) is 418 cm³/mol. The molecular formula is C83H144O17P2. The van der Waals surface area contributed by atoms with Crippen molar-refractivity contribution in [2.24, 2.45) is 0 Å². The van der Waals surface area contributed by atoms with E-state index in [0.717, 1.165) is 148 Å². The van der Waals surface area contributed by atoms with E-state index in [0.29, 0.717) is 32.1 Å². The number of hydrogen-bond acceptors (Lipinski definition) is 15. The molecule has 0 spiro atoms. The monoisotopic (exact) mass is 1470 g/mol. The van der Waals surface area contributed by atoms with Gasteiger partial charge in [-0.1, -0.05) is 272 Å². The summed E-state index contributed by atoms with van der Waals surface area (Å²) >= 11 is 0. The SMILES string of the molecule is CCCCC/C=C\C/C=C\C/C=C\C/C=C\CCCC(=O)OC[C@H](COP(=O)(O)OC[C@H](O)COP(=O)(O)OC[C@@H](COC(=O)CCCCCCC/C=C\C/C=C\CCCCC)OC(=O)CCCCCCC/C=C\CCCCCCCC)OC(=O)CCCCCCC/C=C\C=C/CCCCCC. The fourth-order valence-electron chi connectivity index (χ4n) is 10.5. The Morgan fingerprint density at radius 2 is 0.520 bits per heavy atom. The molecule has 2 unspecified atom stereocenters. The number of rotatable bonds is 75. The van der Waals surface area contributed by atoms with E-state index < -0.39 is 97.5 Å². The molecule has 0 aromatic rings. The second-order valence-electron chi connectivity index (χ2n) is 26.7. The third-order valence-electron chi connectivity index (χ3n) is 16.7. The second-order valence-corrected chi connectivity index (χ2v) is 29.6. The standard InChI is InChI=1S/C83H144O17P2/c1-5-9-13-17-21-25-29-33-37-38-42-44-48-52-56-60-64-68-81(86)94-74-79(100-83(88)70-66-62-58-54-50-46-41-36-32-28-24-20-16-12-8-4)76-98-102(91,92)96-72-77(84)71-95-101(89,90)97-75-78(99-82(87)69-65-61-57-53-49-45-40-35-31-27-23-19-15-11-7-3)73-93-80(85)67-63-59-55-51-47-43-39-34-30-26-22-18-14-10-6-2/h21-22,25-26,28,32-37,39-42,44,52,56,77-79,84H,5-20,23-24,27,29-31,38,43,45-51,53-55,57-76H2,1-4H3,(H,89,90)(H,91,92)/b25-21-,26-22-,32-28-,37-33-,39-34-,40-35-,41-36-,44-42-,56-52-/t77-,78-,79-/m1/s1. The molecule has 17 nitrogen and oxygen atoms in total. The Labute approximate surface area is 619 Å². The molecule has 0 saturated heterocycles. The van der Waals surface area contributed by atoms with Crippen molar-refractivity contribution in [2.75, 3.05) is 39.6 Å². The Morgan fingerprint density at radius 3 is 0.873 bits per heavy atom. The van der Waals surface area contributed by atoms with E-state index in [2.05, 4.69) is 125 Å². The highest BCUT2D eigenvalue weighted by molar-refractivity contribution is 7.47. The van der Waals surface area contributed by atoms with E-state index in [1.54, 1.807) is 0 Å². The highest BCUT2D eigenvalue weighted by Gasteiger charge is 2.30. The molecule has 0 aromatic carbocycles. The molecule has 19 heteroatoms. The van der Waals surface area contributed by atoms with Crippen LogP contribution in [-0.4, -0.2) is 96.7 Å². The van der Waals surface area contributed by atoms with E-state index in [1.165, 1.54) is 103 Å². The van der Waals surface area contributed by atoms with Gasteiger partial charge in [-0.05, 0) is 148 Å². The van der Waals surface area contributed by atoms with E-state index >= 15 is 0 Å². The fraction of sp³-hybridized carbons (Fsp3) is 0.735. The Kier molecular flexibility index (Phi) is 71.8. The van der Waals surface area contributed by atoms with Gasteiger partial charge in [-0.25, -0.2) is 9.13 Å². The average Bonchev–Trinajstić information content (AvgIpc) is 0.923. The Balaban J connectivity index is 5.43. The van der Waals surface area contributed by atoms with Crippen molar-refractivity contribution in [1.82, 2.24) is 0 Å². The van der Waals surface area contributed by atoms with Crippen LogP contribution in [0.15, 0.2) is 109 Å². The number of hydrogen-bond donors (Lipinski definition) is 3. The summed E-state index contributed by atoms with van der Waals surface area (Å²) in [7, 11) is -9.98. The van der Waals surface area contributed by atoms with Crippen LogP contribution in [0, 0.1) is 0 Å². The number of aliphatic hydroxyl groups is 1. The first-order valence-electron chi connectivity index (χ1n) is 40.1. The number of ether oxygens (including phenoxy) is 4. The minimum absolute atomic E-state index is 0.0645. The molecule has 102 heavy (non-hydrogen) atoms. The van der Waals surface area contributed by atoms with Gasteiger partial charge in [-0.15, -0.1) is 0 Å². The molecule has 0 rings (SSSR count). The zero-order valence-corrected chi connectivity index (χ0v) is 66.0. The van der Waals surface area contributed by atoms with Gasteiger partial charge in [0.25, 0.3) is 0 Å². The lowest BCUT2D eigenvalue weighted by molar-refractivity contribution is -0.161. The Hall–Kier alpha value is -4.28. The van der Waals surface area contributed by atoms with Gasteiger partial charge in [0.1, 0.15) is 19.3 Å². The zero-order chi connectivity index (χ0) is 74.6. The first kappa shape index (κ1) is 97.7. The smallest absolute Gasteiger partial charge is 0.462 e. The van der Waals surface area contributed by atoms with Gasteiger partial charge in [0.05, 0.1) is 26.4 Å². The highest BCUT2D eigenvalue weighted by Crippen LogP contribution is 2.45. The minimum atomic E-state index is -4.99. The summed E-state index contributed by atoms with van der Waals surface area (Å²) in [5.41, 5.74) is 0. The number of carbonyl (C=O) groups excluding carboxylic acids is 4. The van der Waals surface area contributed by atoms with E-state index in [4.69, 9.17) is 37.0 Å². The van der Waals surface area contributed by atoms with Crippen LogP contribution in [-0.2, 0) is 65.4 Å². The number of carbonyl (C=O) groups is 4. The van der Waals surface area contributed by atoms with Gasteiger partial charge in [-0.3, -0.25) is 37.3 Å². The van der Waals surface area contributed by atoms with Crippen molar-refractivity contribution in [1.29, 1.82) is 0 Å². The number of unbranched alkanes of at least 4 members (excludes halogenated alkanes) is 32. The lowest BCUT2D eigenvalue weighted by Crippen LogP contribution is -2.30. The molecule has 0 amide bonds. The van der Waals surface area contributed by atoms with Crippen LogP contribution in [0.1, 0.15) is 336 Å². The summed E-state index contributed by atoms with van der Waals surface area (Å²) in [6.07, 6.45) is 80.7. The normalized spacial score (nSPS) is 14.5. The van der Waals surface area contributed by atoms with Crippen LogP contribution in [0.2, 0.25) is 0 Å². The van der Waals surface area contributed by atoms with E-state index in [1.807, 2.05) is 12.2 Å². The molecular weight excluding hydrogens is 1330 g/mol. The topological polar surface area (TPSA) is 237 Å². The van der Waals surface area contributed by atoms with Gasteiger partial charge in [-0.2, -0.15) is 0 Å². The summed E-state index contributed by atoms with van der Waals surface area (Å²) in [6, 6.07) is 0. The minimum Gasteiger partial charge on any atom is -0.462 e. The fourth-order valence-corrected chi connectivity index (χ4v) is 12.1. The molecule has 5 atom stereocenters. The van der Waals surface area contributed by atoms with Crippen molar-refractivity contribution in [2.45, 2.75) is 354 Å². The molecule has 0 aliphatic rings. The number of phosphoric acid groups is 2. The zero-order valence-electron chi connectivity index (χ0n) is 64.3. The lowest BCUT2D eigenvalue weighted by atomic mass is 10.1. The number of allylic oxidation sites excluding steroid dienone is 18. The van der Waals surface area contributed by atoms with Crippen molar-refractivity contribution in [3.63, 3.8) is 0 Å².